The number of piperazine rings is 1. The van der Waals surface area contributed by atoms with Gasteiger partial charge in [0.1, 0.15) is 23.7 Å². The van der Waals surface area contributed by atoms with Crippen molar-refractivity contribution in [2.75, 3.05) is 24.5 Å². The number of amides is 1. The smallest absolute Gasteiger partial charge is 0.224 e. The van der Waals surface area contributed by atoms with Crippen LogP contribution >= 0.6 is 0 Å². The first-order valence-electron chi connectivity index (χ1n) is 10.9. The number of rotatable bonds is 6. The van der Waals surface area contributed by atoms with Gasteiger partial charge in [0, 0.05) is 44.2 Å². The standard InChI is InChI=1S/C23H29FN4O2/c1-17-15-27(11-12-28(17)23(29)10-9-18-5-2-3-6-18)21-14-22(26-16-25-21)30-20-8-4-7-19(24)13-20/h4,7-8,13-14,16-18H,2-3,5-6,9-12,15H2,1H3/t17-/m0/s1. The highest BCUT2D eigenvalue weighted by Gasteiger charge is 2.28. The van der Waals surface area contributed by atoms with Gasteiger partial charge in [0.25, 0.3) is 0 Å². The van der Waals surface area contributed by atoms with Crippen LogP contribution in [-0.4, -0.2) is 46.5 Å². The van der Waals surface area contributed by atoms with Gasteiger partial charge in [-0.2, -0.15) is 0 Å². The lowest BCUT2D eigenvalue weighted by Gasteiger charge is -2.40. The summed E-state index contributed by atoms with van der Waals surface area (Å²) in [6.45, 7) is 4.21. The van der Waals surface area contributed by atoms with E-state index in [2.05, 4.69) is 21.8 Å². The molecule has 0 unspecified atom stereocenters. The zero-order valence-electron chi connectivity index (χ0n) is 17.5. The minimum Gasteiger partial charge on any atom is -0.439 e. The van der Waals surface area contributed by atoms with E-state index in [1.54, 1.807) is 18.2 Å². The molecular formula is C23H29FN4O2. The second kappa shape index (κ2) is 9.41. The normalized spacial score (nSPS) is 19.9. The van der Waals surface area contributed by atoms with E-state index < -0.39 is 0 Å². The summed E-state index contributed by atoms with van der Waals surface area (Å²) in [5, 5.41) is 0. The fourth-order valence-electron chi connectivity index (χ4n) is 4.52. The van der Waals surface area contributed by atoms with E-state index in [0.29, 0.717) is 31.1 Å². The minimum absolute atomic E-state index is 0.123. The summed E-state index contributed by atoms with van der Waals surface area (Å²) in [5.41, 5.74) is 0. The lowest BCUT2D eigenvalue weighted by atomic mass is 10.0. The van der Waals surface area contributed by atoms with Crippen molar-refractivity contribution < 1.29 is 13.9 Å². The van der Waals surface area contributed by atoms with Gasteiger partial charge in [-0.15, -0.1) is 0 Å². The van der Waals surface area contributed by atoms with E-state index in [1.807, 2.05) is 4.90 Å². The maximum atomic E-state index is 13.4. The maximum Gasteiger partial charge on any atom is 0.224 e. The number of hydrogen-bond donors (Lipinski definition) is 0. The van der Waals surface area contributed by atoms with Crippen LogP contribution in [0.15, 0.2) is 36.7 Å². The number of nitrogens with zero attached hydrogens (tertiary/aromatic N) is 4. The van der Waals surface area contributed by atoms with Crippen molar-refractivity contribution in [1.82, 2.24) is 14.9 Å². The Morgan fingerprint density at radius 1 is 1.20 bits per heavy atom. The summed E-state index contributed by atoms with van der Waals surface area (Å²) in [7, 11) is 0. The van der Waals surface area contributed by atoms with Gasteiger partial charge in [-0.1, -0.05) is 31.7 Å². The van der Waals surface area contributed by atoms with Crippen LogP contribution in [0.2, 0.25) is 0 Å². The summed E-state index contributed by atoms with van der Waals surface area (Å²) in [5.74, 6) is 2.17. The predicted octanol–water partition coefficient (Wildman–Crippen LogP) is 4.42. The Morgan fingerprint density at radius 2 is 2.03 bits per heavy atom. The number of ether oxygens (including phenoxy) is 1. The molecule has 7 heteroatoms. The Bertz CT molecular complexity index is 872. The molecular weight excluding hydrogens is 383 g/mol. The minimum atomic E-state index is -0.357. The number of hydrogen-bond acceptors (Lipinski definition) is 5. The van der Waals surface area contributed by atoms with Crippen LogP contribution in [0, 0.1) is 11.7 Å². The molecule has 30 heavy (non-hydrogen) atoms. The molecule has 0 spiro atoms. The summed E-state index contributed by atoms with van der Waals surface area (Å²) in [6.07, 6.45) is 8.34. The first-order valence-corrected chi connectivity index (χ1v) is 10.9. The molecule has 1 saturated heterocycles. The van der Waals surface area contributed by atoms with Gasteiger partial charge >= 0.3 is 0 Å². The molecule has 4 rings (SSSR count). The lowest BCUT2D eigenvalue weighted by molar-refractivity contribution is -0.133. The molecule has 2 heterocycles. The van der Waals surface area contributed by atoms with Gasteiger partial charge in [-0.25, -0.2) is 14.4 Å². The van der Waals surface area contributed by atoms with E-state index >= 15 is 0 Å². The van der Waals surface area contributed by atoms with Crippen molar-refractivity contribution in [3.05, 3.63) is 42.5 Å². The fraction of sp³-hybridized carbons (Fsp3) is 0.522. The average Bonchev–Trinajstić information content (AvgIpc) is 3.26. The molecule has 0 bridgehead atoms. The highest BCUT2D eigenvalue weighted by molar-refractivity contribution is 5.77. The number of aromatic nitrogens is 2. The molecule has 1 aliphatic carbocycles. The lowest BCUT2D eigenvalue weighted by Crippen LogP contribution is -2.54. The molecule has 1 saturated carbocycles. The quantitative estimate of drug-likeness (QED) is 0.703. The predicted molar refractivity (Wildman–Crippen MR) is 113 cm³/mol. The Balaban J connectivity index is 1.34. The van der Waals surface area contributed by atoms with Crippen molar-refractivity contribution in [3.63, 3.8) is 0 Å². The number of anilines is 1. The van der Waals surface area contributed by atoms with Crippen molar-refractivity contribution in [2.24, 2.45) is 5.92 Å². The largest absolute Gasteiger partial charge is 0.439 e. The van der Waals surface area contributed by atoms with Gasteiger partial charge in [0.2, 0.25) is 11.8 Å². The molecule has 1 aliphatic heterocycles. The third kappa shape index (κ3) is 5.07. The van der Waals surface area contributed by atoms with E-state index in [4.69, 9.17) is 4.74 Å². The van der Waals surface area contributed by atoms with Crippen molar-refractivity contribution in [1.29, 1.82) is 0 Å². The van der Waals surface area contributed by atoms with Crippen molar-refractivity contribution >= 4 is 11.7 Å². The number of carbonyl (C=O) groups is 1. The number of benzene rings is 1. The fourth-order valence-corrected chi connectivity index (χ4v) is 4.52. The summed E-state index contributed by atoms with van der Waals surface area (Å²) < 4.78 is 19.0. The summed E-state index contributed by atoms with van der Waals surface area (Å²) in [4.78, 5) is 25.4. The van der Waals surface area contributed by atoms with Gasteiger partial charge < -0.3 is 14.5 Å². The number of carbonyl (C=O) groups excluding carboxylic acids is 1. The molecule has 0 N–H and O–H groups in total. The SMILES string of the molecule is C[C@H]1CN(c2cc(Oc3cccc(F)c3)ncn2)CCN1C(=O)CCC1CCCC1. The van der Waals surface area contributed by atoms with Crippen LogP contribution in [0.1, 0.15) is 45.4 Å². The summed E-state index contributed by atoms with van der Waals surface area (Å²) in [6, 6.07) is 7.85. The molecule has 2 aromatic rings. The van der Waals surface area contributed by atoms with E-state index in [0.717, 1.165) is 24.7 Å². The van der Waals surface area contributed by atoms with Gasteiger partial charge in [0.05, 0.1) is 0 Å². The molecule has 1 amide bonds. The Kier molecular flexibility index (Phi) is 6.45. The number of halogens is 1. The van der Waals surface area contributed by atoms with E-state index in [-0.39, 0.29) is 17.8 Å². The van der Waals surface area contributed by atoms with Crippen LogP contribution in [-0.2, 0) is 4.79 Å². The third-order valence-electron chi connectivity index (χ3n) is 6.16. The molecule has 2 aliphatic rings. The average molecular weight is 413 g/mol. The second-order valence-corrected chi connectivity index (χ2v) is 8.35. The molecule has 1 aromatic heterocycles. The van der Waals surface area contributed by atoms with Gasteiger partial charge in [-0.3, -0.25) is 4.79 Å². The topological polar surface area (TPSA) is 58.6 Å². The Morgan fingerprint density at radius 3 is 2.80 bits per heavy atom. The van der Waals surface area contributed by atoms with E-state index in [1.165, 1.54) is 44.1 Å². The van der Waals surface area contributed by atoms with Crippen LogP contribution in [0.4, 0.5) is 10.2 Å². The molecule has 2 fully saturated rings. The third-order valence-corrected chi connectivity index (χ3v) is 6.16. The van der Waals surface area contributed by atoms with Crippen molar-refractivity contribution in [3.8, 4) is 11.6 Å². The van der Waals surface area contributed by atoms with Crippen LogP contribution in [0.3, 0.4) is 0 Å². The van der Waals surface area contributed by atoms with Gasteiger partial charge in [-0.05, 0) is 31.4 Å². The Hall–Kier alpha value is -2.70. The van der Waals surface area contributed by atoms with Crippen LogP contribution < -0.4 is 9.64 Å². The zero-order chi connectivity index (χ0) is 20.9. The van der Waals surface area contributed by atoms with Crippen molar-refractivity contribution in [2.45, 2.75) is 51.5 Å². The monoisotopic (exact) mass is 412 g/mol. The highest BCUT2D eigenvalue weighted by atomic mass is 19.1. The van der Waals surface area contributed by atoms with Crippen LogP contribution in [0.5, 0.6) is 11.6 Å². The maximum absolute atomic E-state index is 13.4. The molecule has 6 nitrogen and oxygen atoms in total. The molecule has 1 aromatic carbocycles. The molecule has 0 radical (unpaired) electrons. The van der Waals surface area contributed by atoms with E-state index in [9.17, 15) is 9.18 Å². The molecule has 160 valence electrons. The van der Waals surface area contributed by atoms with Gasteiger partial charge in [0.15, 0.2) is 0 Å². The summed E-state index contributed by atoms with van der Waals surface area (Å²) >= 11 is 0. The zero-order valence-corrected chi connectivity index (χ0v) is 17.5. The van der Waals surface area contributed by atoms with Crippen LogP contribution in [0.25, 0.3) is 0 Å². The first kappa shape index (κ1) is 20.6. The molecule has 1 atom stereocenters. The Labute approximate surface area is 177 Å². The second-order valence-electron chi connectivity index (χ2n) is 8.35. The first-order chi connectivity index (χ1) is 14.6. The highest BCUT2D eigenvalue weighted by Crippen LogP contribution is 2.29.